The molecule has 3 heterocycles. The minimum Gasteiger partial charge on any atom is -0.489 e. The number of amides is 2. The van der Waals surface area contributed by atoms with Crippen LogP contribution in [0.25, 0.3) is 0 Å². The highest BCUT2D eigenvalue weighted by Crippen LogP contribution is 2.34. The first-order chi connectivity index (χ1) is 19.9. The molecule has 41 heavy (non-hydrogen) atoms. The third-order valence-electron chi connectivity index (χ3n) is 8.26. The molecule has 0 radical (unpaired) electrons. The van der Waals surface area contributed by atoms with E-state index in [4.69, 9.17) is 4.74 Å². The van der Waals surface area contributed by atoms with Crippen molar-refractivity contribution in [1.29, 1.82) is 0 Å². The number of allylic oxidation sites excluding steroid dienone is 1. The molecule has 2 amide bonds. The van der Waals surface area contributed by atoms with Crippen molar-refractivity contribution in [2.45, 2.75) is 45.1 Å². The van der Waals surface area contributed by atoms with Crippen molar-refractivity contribution in [3.63, 3.8) is 0 Å². The number of nitrogens with zero attached hydrogens (tertiary/aromatic N) is 3. The fourth-order valence-corrected chi connectivity index (χ4v) is 5.89. The first-order valence-electron chi connectivity index (χ1n) is 14.2. The second-order valence-electron chi connectivity index (χ2n) is 11.1. The van der Waals surface area contributed by atoms with Crippen molar-refractivity contribution in [2.75, 3.05) is 26.2 Å². The predicted molar refractivity (Wildman–Crippen MR) is 154 cm³/mol. The molecular weight excluding hydrogens is 519 g/mol. The lowest BCUT2D eigenvalue weighted by atomic mass is 10.0. The Morgan fingerprint density at radius 3 is 2.10 bits per heavy atom. The van der Waals surface area contributed by atoms with Crippen LogP contribution in [0, 0.1) is 5.82 Å². The molecule has 0 aromatic heterocycles. The van der Waals surface area contributed by atoms with E-state index in [2.05, 4.69) is 46.0 Å². The van der Waals surface area contributed by atoms with Gasteiger partial charge in [-0.1, -0.05) is 49.0 Å². The first kappa shape index (κ1) is 27.2. The Bertz CT molecular complexity index is 1430. The molecule has 212 valence electrons. The molecule has 1 atom stereocenters. The summed E-state index contributed by atoms with van der Waals surface area (Å²) >= 11 is 0. The zero-order valence-corrected chi connectivity index (χ0v) is 23.2. The first-order valence-corrected chi connectivity index (χ1v) is 14.2. The maximum Gasteiger partial charge on any atom is 0.255 e. The Labute approximate surface area is 240 Å². The van der Waals surface area contributed by atoms with Crippen LogP contribution in [-0.2, 0) is 31.0 Å². The van der Waals surface area contributed by atoms with Crippen molar-refractivity contribution >= 4 is 11.8 Å². The third-order valence-corrected chi connectivity index (χ3v) is 8.26. The van der Waals surface area contributed by atoms with E-state index in [-0.39, 0.29) is 17.6 Å². The standard InChI is InChI=1S/C33H35FN4O3/c1-23-5-14-30(32(39)35-23)38-21-29-28(33(38)40)3-2-4-31(29)41-22-26-8-6-24(7-9-26)19-36-15-17-37(18-16-36)20-25-10-12-27(34)13-11-25/h2-4,6-13,30H,1,5,14-22H2,(H,35,39). The van der Waals surface area contributed by atoms with Gasteiger partial charge in [0, 0.05) is 56.1 Å². The number of ether oxygens (including phenoxy) is 1. The number of carbonyl (C=O) groups is 2. The SMILES string of the molecule is C=C1CCC(N2Cc3c(OCc4ccc(CN5CCN(Cc6ccc(F)cc6)CC5)cc4)cccc3C2=O)C(=O)N1. The quantitative estimate of drug-likeness (QED) is 0.445. The molecule has 0 bridgehead atoms. The third kappa shape index (κ3) is 6.19. The molecular formula is C33H35FN4O3. The number of piperazine rings is 1. The number of piperidine rings is 1. The molecule has 3 aliphatic heterocycles. The van der Waals surface area contributed by atoms with Crippen LogP contribution in [0.5, 0.6) is 5.75 Å². The van der Waals surface area contributed by atoms with Crippen LogP contribution in [0.3, 0.4) is 0 Å². The number of hydrogen-bond acceptors (Lipinski definition) is 5. The average molecular weight is 555 g/mol. The van der Waals surface area contributed by atoms with Crippen LogP contribution in [-0.4, -0.2) is 58.7 Å². The Morgan fingerprint density at radius 2 is 1.46 bits per heavy atom. The van der Waals surface area contributed by atoms with Crippen LogP contribution < -0.4 is 10.1 Å². The number of hydrogen-bond donors (Lipinski definition) is 1. The van der Waals surface area contributed by atoms with E-state index in [1.165, 1.54) is 17.7 Å². The molecule has 2 saturated heterocycles. The van der Waals surface area contributed by atoms with Crippen molar-refractivity contribution in [3.05, 3.63) is 113 Å². The van der Waals surface area contributed by atoms with Gasteiger partial charge in [0.25, 0.3) is 5.91 Å². The second kappa shape index (κ2) is 11.8. The number of nitrogens with one attached hydrogen (secondary N) is 1. The van der Waals surface area contributed by atoms with Crippen LogP contribution >= 0.6 is 0 Å². The summed E-state index contributed by atoms with van der Waals surface area (Å²) in [6, 6.07) is 20.3. The van der Waals surface area contributed by atoms with Gasteiger partial charge in [-0.25, -0.2) is 4.39 Å². The topological polar surface area (TPSA) is 65.1 Å². The van der Waals surface area contributed by atoms with E-state index in [9.17, 15) is 14.0 Å². The van der Waals surface area contributed by atoms with Gasteiger partial charge in [0.2, 0.25) is 5.91 Å². The summed E-state index contributed by atoms with van der Waals surface area (Å²) in [6.07, 6.45) is 1.25. The largest absolute Gasteiger partial charge is 0.489 e. The maximum absolute atomic E-state index is 13.2. The van der Waals surface area contributed by atoms with E-state index in [1.54, 1.807) is 4.90 Å². The van der Waals surface area contributed by atoms with Crippen molar-refractivity contribution in [1.82, 2.24) is 20.0 Å². The molecule has 0 aliphatic carbocycles. The highest BCUT2D eigenvalue weighted by atomic mass is 19.1. The molecule has 8 heteroatoms. The van der Waals surface area contributed by atoms with Gasteiger partial charge in [0.15, 0.2) is 0 Å². The van der Waals surface area contributed by atoms with Crippen LogP contribution in [0.2, 0.25) is 0 Å². The predicted octanol–water partition coefficient (Wildman–Crippen LogP) is 4.47. The highest BCUT2D eigenvalue weighted by molar-refractivity contribution is 6.02. The monoisotopic (exact) mass is 554 g/mol. The lowest BCUT2D eigenvalue weighted by Gasteiger charge is -2.34. The Hall–Kier alpha value is -4.01. The van der Waals surface area contributed by atoms with Crippen LogP contribution in [0.15, 0.2) is 79.0 Å². The van der Waals surface area contributed by atoms with Gasteiger partial charge >= 0.3 is 0 Å². The number of benzene rings is 3. The molecule has 7 nitrogen and oxygen atoms in total. The number of carbonyl (C=O) groups excluding carboxylic acids is 2. The summed E-state index contributed by atoms with van der Waals surface area (Å²) < 4.78 is 19.4. The zero-order chi connectivity index (χ0) is 28.3. The molecule has 3 aromatic carbocycles. The molecule has 6 rings (SSSR count). The van der Waals surface area contributed by atoms with Crippen LogP contribution in [0.1, 0.15) is 45.5 Å². The van der Waals surface area contributed by atoms with Crippen molar-refractivity contribution < 1.29 is 18.7 Å². The van der Waals surface area contributed by atoms with Gasteiger partial charge < -0.3 is 15.0 Å². The molecule has 0 spiro atoms. The second-order valence-corrected chi connectivity index (χ2v) is 11.1. The summed E-state index contributed by atoms with van der Waals surface area (Å²) in [7, 11) is 0. The fourth-order valence-electron chi connectivity index (χ4n) is 5.89. The normalized spacial score (nSPS) is 19.8. The summed E-state index contributed by atoms with van der Waals surface area (Å²) in [5, 5.41) is 2.78. The average Bonchev–Trinajstić information content (AvgIpc) is 3.31. The van der Waals surface area contributed by atoms with Gasteiger partial charge in [-0.2, -0.15) is 0 Å². The molecule has 1 N–H and O–H groups in total. The maximum atomic E-state index is 13.2. The molecule has 1 unspecified atom stereocenters. The summed E-state index contributed by atoms with van der Waals surface area (Å²) in [5.41, 5.74) is 5.60. The summed E-state index contributed by atoms with van der Waals surface area (Å²) in [5.74, 6) is 0.193. The van der Waals surface area contributed by atoms with E-state index >= 15 is 0 Å². The lowest BCUT2D eigenvalue weighted by molar-refractivity contribution is -0.126. The van der Waals surface area contributed by atoms with Crippen LogP contribution in [0.4, 0.5) is 4.39 Å². The smallest absolute Gasteiger partial charge is 0.255 e. The zero-order valence-electron chi connectivity index (χ0n) is 23.2. The lowest BCUT2D eigenvalue weighted by Crippen LogP contribution is -2.49. The Balaban J connectivity index is 1.00. The van der Waals surface area contributed by atoms with E-state index in [0.717, 1.165) is 56.0 Å². The highest BCUT2D eigenvalue weighted by Gasteiger charge is 2.39. The number of rotatable bonds is 8. The Kier molecular flexibility index (Phi) is 7.85. The van der Waals surface area contributed by atoms with Crippen molar-refractivity contribution in [3.8, 4) is 5.75 Å². The van der Waals surface area contributed by atoms with Crippen molar-refractivity contribution in [2.24, 2.45) is 0 Å². The minimum absolute atomic E-state index is 0.126. The molecule has 0 saturated carbocycles. The molecule has 3 aromatic rings. The van der Waals surface area contributed by atoms with Gasteiger partial charge in [-0.05, 0) is 53.8 Å². The minimum atomic E-state index is -0.487. The summed E-state index contributed by atoms with van der Waals surface area (Å²) in [6.45, 7) is 10.3. The number of fused-ring (bicyclic) bond motifs is 1. The Morgan fingerprint density at radius 1 is 0.854 bits per heavy atom. The molecule has 3 aliphatic rings. The van der Waals surface area contributed by atoms with Gasteiger partial charge in [0.1, 0.15) is 24.2 Å². The van der Waals surface area contributed by atoms with Gasteiger partial charge in [-0.15, -0.1) is 0 Å². The van der Waals surface area contributed by atoms with E-state index < -0.39 is 6.04 Å². The van der Waals surface area contributed by atoms with E-state index in [0.29, 0.717) is 43.0 Å². The fraction of sp³-hybridized carbons (Fsp3) is 0.333. The summed E-state index contributed by atoms with van der Waals surface area (Å²) in [4.78, 5) is 32.2. The van der Waals surface area contributed by atoms with E-state index in [1.807, 2.05) is 30.3 Å². The van der Waals surface area contributed by atoms with Gasteiger partial charge in [0.05, 0.1) is 6.54 Å². The number of halogens is 1. The van der Waals surface area contributed by atoms with Gasteiger partial charge in [-0.3, -0.25) is 19.4 Å². The molecule has 2 fully saturated rings.